The molecule has 6 nitrogen and oxygen atoms in total. The molecule has 0 saturated carbocycles. The summed E-state index contributed by atoms with van der Waals surface area (Å²) in [5, 5.41) is 14.5. The number of hydrogen-bond acceptors (Lipinski definition) is 3. The molecule has 0 heterocycles. The van der Waals surface area contributed by atoms with E-state index in [1.807, 2.05) is 6.92 Å². The largest absolute Gasteiger partial charge is 0.480 e. The van der Waals surface area contributed by atoms with Crippen LogP contribution in [-0.4, -0.2) is 28.9 Å². The lowest BCUT2D eigenvalue weighted by molar-refractivity contribution is -0.140. The number of carbonyl (C=O) groups is 3. The lowest BCUT2D eigenvalue weighted by Crippen LogP contribution is -2.45. The minimum absolute atomic E-state index is 0.107. The van der Waals surface area contributed by atoms with Gasteiger partial charge in [-0.05, 0) is 30.2 Å². The van der Waals surface area contributed by atoms with Crippen LogP contribution >= 0.6 is 0 Å². The highest BCUT2D eigenvalue weighted by Gasteiger charge is 2.25. The second kappa shape index (κ2) is 8.31. The van der Waals surface area contributed by atoms with Crippen LogP contribution in [0.4, 0.5) is 5.69 Å². The lowest BCUT2D eigenvalue weighted by Gasteiger charge is -2.20. The topological polar surface area (TPSA) is 95.5 Å². The van der Waals surface area contributed by atoms with E-state index in [9.17, 15) is 19.5 Å². The highest BCUT2D eigenvalue weighted by atomic mass is 16.4. The SMILES string of the molecule is CC[C@H](C)[C@H](NC(=O)c1ccc(NC(=O)C(C)C)cc1)C(=O)O. The third kappa shape index (κ3) is 5.39. The molecule has 0 aromatic heterocycles. The van der Waals surface area contributed by atoms with Crippen molar-refractivity contribution in [1.82, 2.24) is 5.32 Å². The first kappa shape index (κ1) is 18.7. The molecule has 1 rings (SSSR count). The highest BCUT2D eigenvalue weighted by molar-refractivity contribution is 5.97. The lowest BCUT2D eigenvalue weighted by atomic mass is 9.99. The normalized spacial score (nSPS) is 13.3. The van der Waals surface area contributed by atoms with Gasteiger partial charge in [-0.2, -0.15) is 0 Å². The number of carboxylic acid groups (broad SMARTS) is 1. The van der Waals surface area contributed by atoms with Gasteiger partial charge in [-0.3, -0.25) is 9.59 Å². The Morgan fingerprint density at radius 3 is 2.09 bits per heavy atom. The van der Waals surface area contributed by atoms with Crippen LogP contribution in [0.1, 0.15) is 44.5 Å². The number of anilines is 1. The summed E-state index contributed by atoms with van der Waals surface area (Å²) < 4.78 is 0. The second-order valence-corrected chi connectivity index (χ2v) is 5.90. The van der Waals surface area contributed by atoms with Crippen molar-refractivity contribution in [2.24, 2.45) is 11.8 Å². The fraction of sp³-hybridized carbons (Fsp3) is 0.471. The van der Waals surface area contributed by atoms with Crippen molar-refractivity contribution in [2.45, 2.75) is 40.2 Å². The molecule has 0 radical (unpaired) electrons. The maximum Gasteiger partial charge on any atom is 0.326 e. The molecule has 0 fully saturated rings. The number of aliphatic carboxylic acids is 1. The molecule has 126 valence electrons. The van der Waals surface area contributed by atoms with Crippen LogP contribution in [0.5, 0.6) is 0 Å². The van der Waals surface area contributed by atoms with Gasteiger partial charge in [0.25, 0.3) is 5.91 Å². The molecule has 0 aliphatic carbocycles. The Morgan fingerprint density at radius 2 is 1.65 bits per heavy atom. The van der Waals surface area contributed by atoms with E-state index in [0.29, 0.717) is 17.7 Å². The molecule has 6 heteroatoms. The zero-order chi connectivity index (χ0) is 17.6. The molecular weight excluding hydrogens is 296 g/mol. The highest BCUT2D eigenvalue weighted by Crippen LogP contribution is 2.13. The van der Waals surface area contributed by atoms with Gasteiger partial charge in [0.05, 0.1) is 0 Å². The van der Waals surface area contributed by atoms with Crippen LogP contribution in [0.25, 0.3) is 0 Å². The van der Waals surface area contributed by atoms with Crippen LogP contribution in [0.3, 0.4) is 0 Å². The van der Waals surface area contributed by atoms with E-state index < -0.39 is 17.9 Å². The Hall–Kier alpha value is -2.37. The first-order chi connectivity index (χ1) is 10.8. The Balaban J connectivity index is 2.77. The van der Waals surface area contributed by atoms with Crippen molar-refractivity contribution in [1.29, 1.82) is 0 Å². The van der Waals surface area contributed by atoms with Gasteiger partial charge in [0.15, 0.2) is 0 Å². The molecule has 1 aromatic rings. The fourth-order valence-electron chi connectivity index (χ4n) is 1.90. The first-order valence-corrected chi connectivity index (χ1v) is 7.70. The second-order valence-electron chi connectivity index (χ2n) is 5.90. The molecule has 0 unspecified atom stereocenters. The Bertz CT molecular complexity index is 566. The van der Waals surface area contributed by atoms with E-state index in [4.69, 9.17) is 0 Å². The molecule has 0 bridgehead atoms. The van der Waals surface area contributed by atoms with Gasteiger partial charge in [0, 0.05) is 17.2 Å². The van der Waals surface area contributed by atoms with Crippen molar-refractivity contribution < 1.29 is 19.5 Å². The zero-order valence-electron chi connectivity index (χ0n) is 13.9. The van der Waals surface area contributed by atoms with Crippen molar-refractivity contribution in [3.8, 4) is 0 Å². The van der Waals surface area contributed by atoms with E-state index in [0.717, 1.165) is 0 Å². The molecular formula is C17H24N2O4. The zero-order valence-corrected chi connectivity index (χ0v) is 13.9. The Kier molecular flexibility index (Phi) is 6.75. The van der Waals surface area contributed by atoms with Crippen LogP contribution in [0, 0.1) is 11.8 Å². The summed E-state index contributed by atoms with van der Waals surface area (Å²) in [6.45, 7) is 7.23. The fourth-order valence-corrected chi connectivity index (χ4v) is 1.90. The molecule has 0 spiro atoms. The predicted octanol–water partition coefficient (Wildman–Crippen LogP) is 2.51. The summed E-state index contributed by atoms with van der Waals surface area (Å²) in [7, 11) is 0. The van der Waals surface area contributed by atoms with Crippen molar-refractivity contribution >= 4 is 23.5 Å². The number of hydrogen-bond donors (Lipinski definition) is 3. The molecule has 0 aliphatic rings. The minimum Gasteiger partial charge on any atom is -0.480 e. The van der Waals surface area contributed by atoms with Crippen molar-refractivity contribution in [3.63, 3.8) is 0 Å². The van der Waals surface area contributed by atoms with Crippen molar-refractivity contribution in [3.05, 3.63) is 29.8 Å². The van der Waals surface area contributed by atoms with Gasteiger partial charge in [-0.15, -0.1) is 0 Å². The van der Waals surface area contributed by atoms with Gasteiger partial charge >= 0.3 is 5.97 Å². The number of rotatable bonds is 7. The van der Waals surface area contributed by atoms with Gasteiger partial charge in [-0.25, -0.2) is 4.79 Å². The van der Waals surface area contributed by atoms with Crippen LogP contribution in [-0.2, 0) is 9.59 Å². The van der Waals surface area contributed by atoms with Crippen LogP contribution < -0.4 is 10.6 Å². The minimum atomic E-state index is -1.05. The third-order valence-electron chi connectivity index (χ3n) is 3.70. The van der Waals surface area contributed by atoms with Crippen LogP contribution in [0.2, 0.25) is 0 Å². The molecule has 0 aliphatic heterocycles. The molecule has 3 N–H and O–H groups in total. The molecule has 0 saturated heterocycles. The summed E-state index contributed by atoms with van der Waals surface area (Å²) in [6, 6.07) is 5.43. The summed E-state index contributed by atoms with van der Waals surface area (Å²) in [6.07, 6.45) is 0.650. The molecule has 23 heavy (non-hydrogen) atoms. The molecule has 2 atom stereocenters. The first-order valence-electron chi connectivity index (χ1n) is 7.70. The maximum atomic E-state index is 12.2. The quantitative estimate of drug-likeness (QED) is 0.719. The standard InChI is InChI=1S/C17H24N2O4/c1-5-11(4)14(17(22)23)19-16(21)12-6-8-13(9-7-12)18-15(20)10(2)3/h6-11,14H,5H2,1-4H3,(H,18,20)(H,19,21)(H,22,23)/t11-,14-/m0/s1. The average molecular weight is 320 g/mol. The summed E-state index contributed by atoms with van der Waals surface area (Å²) >= 11 is 0. The van der Waals surface area contributed by atoms with E-state index in [1.54, 1.807) is 45.0 Å². The van der Waals surface area contributed by atoms with E-state index >= 15 is 0 Å². The Morgan fingerprint density at radius 1 is 1.09 bits per heavy atom. The number of nitrogens with one attached hydrogen (secondary N) is 2. The maximum absolute atomic E-state index is 12.2. The molecule has 2 amide bonds. The van der Waals surface area contributed by atoms with Gasteiger partial charge in [0.2, 0.25) is 5.91 Å². The number of carbonyl (C=O) groups excluding carboxylic acids is 2. The van der Waals surface area contributed by atoms with Gasteiger partial charge in [-0.1, -0.05) is 34.1 Å². The monoisotopic (exact) mass is 320 g/mol. The average Bonchev–Trinajstić information content (AvgIpc) is 2.51. The number of carboxylic acids is 1. The predicted molar refractivity (Wildman–Crippen MR) is 88.3 cm³/mol. The summed E-state index contributed by atoms with van der Waals surface area (Å²) in [5.74, 6) is -1.90. The van der Waals surface area contributed by atoms with E-state index in [2.05, 4.69) is 10.6 Å². The van der Waals surface area contributed by atoms with Crippen LogP contribution in [0.15, 0.2) is 24.3 Å². The van der Waals surface area contributed by atoms with Gasteiger partial charge in [0.1, 0.15) is 6.04 Å². The number of benzene rings is 1. The van der Waals surface area contributed by atoms with E-state index in [1.165, 1.54) is 0 Å². The molecule has 1 aromatic carbocycles. The summed E-state index contributed by atoms with van der Waals surface area (Å²) in [5.41, 5.74) is 0.944. The Labute approximate surface area is 136 Å². The number of amides is 2. The summed E-state index contributed by atoms with van der Waals surface area (Å²) in [4.78, 5) is 35.0. The van der Waals surface area contributed by atoms with Gasteiger partial charge < -0.3 is 15.7 Å². The van der Waals surface area contributed by atoms with Crippen molar-refractivity contribution in [2.75, 3.05) is 5.32 Å². The third-order valence-corrected chi connectivity index (χ3v) is 3.70. The smallest absolute Gasteiger partial charge is 0.326 e. The van der Waals surface area contributed by atoms with E-state index in [-0.39, 0.29) is 17.7 Å².